The molecule has 0 aliphatic heterocycles. The van der Waals surface area contributed by atoms with E-state index in [1.165, 1.54) is 16.0 Å². The van der Waals surface area contributed by atoms with Crippen molar-refractivity contribution in [2.75, 3.05) is 6.54 Å². The average Bonchev–Trinajstić information content (AvgIpc) is 2.76. The number of nitrogens with one attached hydrogen (secondary N) is 1. The highest BCUT2D eigenvalue weighted by Gasteiger charge is 2.06. The van der Waals surface area contributed by atoms with Crippen molar-refractivity contribution in [3.63, 3.8) is 0 Å². The molecule has 0 bridgehead atoms. The minimum Gasteiger partial charge on any atom is -0.313 e. The van der Waals surface area contributed by atoms with E-state index in [9.17, 15) is 0 Å². The molecule has 0 amide bonds. The molecule has 2 rings (SSSR count). The third-order valence-electron chi connectivity index (χ3n) is 2.83. The van der Waals surface area contributed by atoms with Gasteiger partial charge in [-0.1, -0.05) is 30.7 Å². The second kappa shape index (κ2) is 6.37. The first-order chi connectivity index (χ1) is 8.70. The van der Waals surface area contributed by atoms with E-state index in [-0.39, 0.29) is 0 Å². The summed E-state index contributed by atoms with van der Waals surface area (Å²) < 4.78 is 0. The molecule has 1 N–H and O–H groups in total. The number of hydrogen-bond donors (Lipinski definition) is 1. The summed E-state index contributed by atoms with van der Waals surface area (Å²) in [5, 5.41) is 6.38. The van der Waals surface area contributed by atoms with E-state index < -0.39 is 0 Å². The molecule has 0 saturated carbocycles. The molecule has 0 radical (unpaired) electrons. The highest BCUT2D eigenvalue weighted by molar-refractivity contribution is 7.10. The van der Waals surface area contributed by atoms with Gasteiger partial charge >= 0.3 is 0 Å². The maximum Gasteiger partial charge on any atom is 0.0487 e. The summed E-state index contributed by atoms with van der Waals surface area (Å²) >= 11 is 8.12. The van der Waals surface area contributed by atoms with Gasteiger partial charge in [0.15, 0.2) is 0 Å². The van der Waals surface area contributed by atoms with Crippen LogP contribution < -0.4 is 5.32 Å². The van der Waals surface area contributed by atoms with E-state index in [0.717, 1.165) is 30.1 Å². The number of aryl methyl sites for hydroxylation is 1. The van der Waals surface area contributed by atoms with Crippen molar-refractivity contribution in [2.24, 2.45) is 0 Å². The summed E-state index contributed by atoms with van der Waals surface area (Å²) in [5.74, 6) is 0. The molecule has 0 unspecified atom stereocenters. The van der Waals surface area contributed by atoms with Crippen molar-refractivity contribution in [2.45, 2.75) is 26.8 Å². The molecule has 1 nitrogen and oxygen atoms in total. The third kappa shape index (κ3) is 3.35. The van der Waals surface area contributed by atoms with Gasteiger partial charge in [0.25, 0.3) is 0 Å². The van der Waals surface area contributed by atoms with Gasteiger partial charge in [0.1, 0.15) is 0 Å². The van der Waals surface area contributed by atoms with Crippen molar-refractivity contribution in [3.05, 3.63) is 45.1 Å². The first-order valence-corrected chi connectivity index (χ1v) is 7.51. The average molecular weight is 280 g/mol. The Bertz CT molecular complexity index is 519. The fourth-order valence-electron chi connectivity index (χ4n) is 1.90. The van der Waals surface area contributed by atoms with Gasteiger partial charge in [0.05, 0.1) is 0 Å². The Hall–Kier alpha value is -0.830. The number of rotatable bonds is 5. The first kappa shape index (κ1) is 13.6. The molecule has 1 heterocycles. The lowest BCUT2D eigenvalue weighted by atomic mass is 10.1. The van der Waals surface area contributed by atoms with Gasteiger partial charge in [0.2, 0.25) is 0 Å². The summed E-state index contributed by atoms with van der Waals surface area (Å²) in [6.07, 6.45) is 1.15. The largest absolute Gasteiger partial charge is 0.313 e. The molecule has 1 aromatic carbocycles. The zero-order valence-corrected chi connectivity index (χ0v) is 12.4. The van der Waals surface area contributed by atoms with Crippen LogP contribution in [0.25, 0.3) is 11.1 Å². The van der Waals surface area contributed by atoms with Crippen molar-refractivity contribution in [1.82, 2.24) is 5.32 Å². The Morgan fingerprint density at radius 1 is 1.28 bits per heavy atom. The minimum absolute atomic E-state index is 0.837. The van der Waals surface area contributed by atoms with Crippen LogP contribution >= 0.6 is 22.9 Å². The van der Waals surface area contributed by atoms with Crippen LogP contribution in [0, 0.1) is 6.92 Å². The van der Waals surface area contributed by atoms with E-state index in [1.807, 2.05) is 0 Å². The highest BCUT2D eigenvalue weighted by atomic mass is 35.5. The zero-order chi connectivity index (χ0) is 13.0. The monoisotopic (exact) mass is 279 g/mol. The second-order valence-corrected chi connectivity index (χ2v) is 5.96. The molecular weight excluding hydrogens is 262 g/mol. The molecular formula is C15H18ClNS. The predicted molar refractivity (Wildman–Crippen MR) is 81.5 cm³/mol. The maximum atomic E-state index is 6.36. The smallest absolute Gasteiger partial charge is 0.0487 e. The van der Waals surface area contributed by atoms with Crippen LogP contribution in [-0.4, -0.2) is 6.54 Å². The molecule has 96 valence electrons. The van der Waals surface area contributed by atoms with Gasteiger partial charge in [-0.3, -0.25) is 0 Å². The standard InChI is InChI=1S/C15H18ClNS/c1-3-6-17-9-12-4-5-14(15(16)8-12)13-7-11(2)18-10-13/h4-5,7-8,10,17H,3,6,9H2,1-2H3. The van der Waals surface area contributed by atoms with Gasteiger partial charge in [-0.2, -0.15) is 0 Å². The Kier molecular flexibility index (Phi) is 4.81. The van der Waals surface area contributed by atoms with Gasteiger partial charge < -0.3 is 5.32 Å². The van der Waals surface area contributed by atoms with Crippen molar-refractivity contribution >= 4 is 22.9 Å². The van der Waals surface area contributed by atoms with Crippen LogP contribution in [0.3, 0.4) is 0 Å². The second-order valence-electron chi connectivity index (χ2n) is 4.44. The molecule has 1 aromatic heterocycles. The molecule has 0 saturated heterocycles. The van der Waals surface area contributed by atoms with E-state index >= 15 is 0 Å². The molecule has 0 aliphatic carbocycles. The summed E-state index contributed by atoms with van der Waals surface area (Å²) in [6.45, 7) is 6.21. The lowest BCUT2D eigenvalue weighted by molar-refractivity contribution is 0.675. The Morgan fingerprint density at radius 3 is 2.72 bits per heavy atom. The van der Waals surface area contributed by atoms with Crippen LogP contribution in [0.2, 0.25) is 5.02 Å². The maximum absolute atomic E-state index is 6.36. The van der Waals surface area contributed by atoms with Crippen LogP contribution in [-0.2, 0) is 6.54 Å². The summed E-state index contributed by atoms with van der Waals surface area (Å²) in [5.41, 5.74) is 3.58. The molecule has 0 fully saturated rings. The van der Waals surface area contributed by atoms with E-state index in [2.05, 4.69) is 48.8 Å². The topological polar surface area (TPSA) is 12.0 Å². The SMILES string of the molecule is CCCNCc1ccc(-c2csc(C)c2)c(Cl)c1. The Morgan fingerprint density at radius 2 is 2.11 bits per heavy atom. The fraction of sp³-hybridized carbons (Fsp3) is 0.333. The van der Waals surface area contributed by atoms with Gasteiger partial charge in [-0.25, -0.2) is 0 Å². The van der Waals surface area contributed by atoms with E-state index in [0.29, 0.717) is 0 Å². The molecule has 18 heavy (non-hydrogen) atoms. The lowest BCUT2D eigenvalue weighted by Gasteiger charge is -2.07. The number of benzene rings is 1. The number of thiophene rings is 1. The molecule has 0 aliphatic rings. The molecule has 2 aromatic rings. The Labute approximate surface area is 118 Å². The van der Waals surface area contributed by atoms with E-state index in [4.69, 9.17) is 11.6 Å². The summed E-state index contributed by atoms with van der Waals surface area (Å²) in [7, 11) is 0. The summed E-state index contributed by atoms with van der Waals surface area (Å²) in [4.78, 5) is 1.31. The predicted octanol–water partition coefficient (Wildman–Crippen LogP) is 4.88. The normalized spacial score (nSPS) is 10.8. The van der Waals surface area contributed by atoms with Gasteiger partial charge in [-0.05, 0) is 48.5 Å². The van der Waals surface area contributed by atoms with Gasteiger partial charge in [-0.15, -0.1) is 11.3 Å². The van der Waals surface area contributed by atoms with E-state index in [1.54, 1.807) is 11.3 Å². The van der Waals surface area contributed by atoms with Crippen molar-refractivity contribution in [1.29, 1.82) is 0 Å². The third-order valence-corrected chi connectivity index (χ3v) is 4.01. The molecule has 0 spiro atoms. The van der Waals surface area contributed by atoms with Gasteiger partial charge in [0, 0.05) is 22.0 Å². The number of halogens is 1. The highest BCUT2D eigenvalue weighted by Crippen LogP contribution is 2.31. The van der Waals surface area contributed by atoms with Crippen molar-refractivity contribution < 1.29 is 0 Å². The fourth-order valence-corrected chi connectivity index (χ4v) is 2.91. The van der Waals surface area contributed by atoms with Crippen molar-refractivity contribution in [3.8, 4) is 11.1 Å². The molecule has 3 heteroatoms. The lowest BCUT2D eigenvalue weighted by Crippen LogP contribution is -2.13. The quantitative estimate of drug-likeness (QED) is 0.770. The van der Waals surface area contributed by atoms with Crippen LogP contribution in [0.4, 0.5) is 0 Å². The zero-order valence-electron chi connectivity index (χ0n) is 10.8. The van der Waals surface area contributed by atoms with Crippen LogP contribution in [0.15, 0.2) is 29.6 Å². The minimum atomic E-state index is 0.837. The number of hydrogen-bond acceptors (Lipinski definition) is 2. The molecule has 0 atom stereocenters. The summed E-state index contributed by atoms with van der Waals surface area (Å²) in [6, 6.07) is 8.51. The Balaban J connectivity index is 2.15. The van der Waals surface area contributed by atoms with Crippen LogP contribution in [0.5, 0.6) is 0 Å². The van der Waals surface area contributed by atoms with Crippen LogP contribution in [0.1, 0.15) is 23.8 Å². The first-order valence-electron chi connectivity index (χ1n) is 6.25.